The zero-order valence-corrected chi connectivity index (χ0v) is 15.0. The predicted molar refractivity (Wildman–Crippen MR) is 88.4 cm³/mol. The number of nitrogens with two attached hydrogens (primary N) is 1. The fourth-order valence-corrected chi connectivity index (χ4v) is 3.04. The molecule has 2 aromatic rings. The zero-order valence-electron chi connectivity index (χ0n) is 14.2. The molecule has 24 heavy (non-hydrogen) atoms. The maximum absolute atomic E-state index is 11.1. The molecule has 0 aliphatic heterocycles. The largest absolute Gasteiger partial charge is 0.370 e. The third kappa shape index (κ3) is 3.95. The second kappa shape index (κ2) is 6.54. The number of aromatic nitrogens is 5. The van der Waals surface area contributed by atoms with E-state index >= 15 is 0 Å². The van der Waals surface area contributed by atoms with Crippen LogP contribution in [0.1, 0.15) is 63.5 Å². The monoisotopic (exact) mass is 350 g/mol. The first-order valence-corrected chi connectivity index (χ1v) is 9.00. The standard InChI is InChI=1S/C15H22N6O2S/c1-15(2,3)13-17-11(23-20-13)8-24-14-19-18-12(9-4-5-9)21(14)7-6-10(16)22/h9H,4-8H2,1-3H3,(H2,16,22). The van der Waals surface area contributed by atoms with E-state index in [0.717, 1.165) is 23.8 Å². The van der Waals surface area contributed by atoms with Crippen LogP contribution in [0, 0.1) is 0 Å². The van der Waals surface area contributed by atoms with Gasteiger partial charge in [-0.1, -0.05) is 37.7 Å². The molecule has 130 valence electrons. The fourth-order valence-electron chi connectivity index (χ4n) is 2.23. The van der Waals surface area contributed by atoms with Crippen molar-refractivity contribution in [1.82, 2.24) is 24.9 Å². The lowest BCUT2D eigenvalue weighted by atomic mass is 9.96. The molecule has 1 aliphatic rings. The van der Waals surface area contributed by atoms with Gasteiger partial charge in [0, 0.05) is 24.3 Å². The van der Waals surface area contributed by atoms with Gasteiger partial charge in [0.15, 0.2) is 11.0 Å². The highest BCUT2D eigenvalue weighted by molar-refractivity contribution is 7.98. The van der Waals surface area contributed by atoms with Gasteiger partial charge in [0.05, 0.1) is 5.75 Å². The van der Waals surface area contributed by atoms with E-state index in [4.69, 9.17) is 10.3 Å². The van der Waals surface area contributed by atoms with Crippen molar-refractivity contribution in [3.63, 3.8) is 0 Å². The van der Waals surface area contributed by atoms with Crippen LogP contribution in [0.4, 0.5) is 0 Å². The average molecular weight is 350 g/mol. The number of rotatable bonds is 7. The first-order chi connectivity index (χ1) is 11.3. The van der Waals surface area contributed by atoms with E-state index in [1.54, 1.807) is 0 Å². The van der Waals surface area contributed by atoms with Gasteiger partial charge in [-0.3, -0.25) is 4.79 Å². The number of carbonyl (C=O) groups is 1. The summed E-state index contributed by atoms with van der Waals surface area (Å²) >= 11 is 1.48. The normalized spacial score (nSPS) is 15.0. The van der Waals surface area contributed by atoms with Crippen molar-refractivity contribution in [3.8, 4) is 0 Å². The van der Waals surface area contributed by atoms with Gasteiger partial charge in [-0.05, 0) is 12.8 Å². The average Bonchev–Trinajstić information content (AvgIpc) is 3.08. The van der Waals surface area contributed by atoms with Gasteiger partial charge in [0.1, 0.15) is 5.82 Å². The number of nitrogens with zero attached hydrogens (tertiary/aromatic N) is 5. The van der Waals surface area contributed by atoms with Crippen molar-refractivity contribution in [2.75, 3.05) is 0 Å². The first-order valence-electron chi connectivity index (χ1n) is 8.02. The third-order valence-corrected chi connectivity index (χ3v) is 4.68. The molecule has 0 unspecified atom stereocenters. The molecule has 3 rings (SSSR count). The Morgan fingerprint density at radius 1 is 1.38 bits per heavy atom. The van der Waals surface area contributed by atoms with E-state index < -0.39 is 0 Å². The van der Waals surface area contributed by atoms with Crippen molar-refractivity contribution in [2.45, 2.75) is 68.8 Å². The van der Waals surface area contributed by atoms with Gasteiger partial charge in [0.2, 0.25) is 11.8 Å². The first kappa shape index (κ1) is 16.9. The summed E-state index contributed by atoms with van der Waals surface area (Å²) in [7, 11) is 0. The molecule has 2 N–H and O–H groups in total. The Morgan fingerprint density at radius 3 is 2.71 bits per heavy atom. The summed E-state index contributed by atoms with van der Waals surface area (Å²) in [6.07, 6.45) is 2.52. The molecule has 1 aliphatic carbocycles. The Morgan fingerprint density at radius 2 is 2.12 bits per heavy atom. The van der Waals surface area contributed by atoms with Crippen LogP contribution >= 0.6 is 11.8 Å². The maximum Gasteiger partial charge on any atom is 0.237 e. The van der Waals surface area contributed by atoms with E-state index in [-0.39, 0.29) is 17.7 Å². The Hall–Kier alpha value is -1.90. The van der Waals surface area contributed by atoms with E-state index in [2.05, 4.69) is 20.3 Å². The summed E-state index contributed by atoms with van der Waals surface area (Å²) in [5.74, 6) is 2.83. The van der Waals surface area contributed by atoms with Crippen LogP contribution in [-0.4, -0.2) is 30.8 Å². The molecular formula is C15H22N6O2S. The van der Waals surface area contributed by atoms with Gasteiger partial charge in [-0.2, -0.15) is 4.98 Å². The van der Waals surface area contributed by atoms with E-state index in [1.165, 1.54) is 11.8 Å². The van der Waals surface area contributed by atoms with Crippen molar-refractivity contribution < 1.29 is 9.32 Å². The molecule has 2 aromatic heterocycles. The highest BCUT2D eigenvalue weighted by Gasteiger charge is 2.30. The molecule has 9 heteroatoms. The molecule has 1 amide bonds. The Bertz CT molecular complexity index is 729. The van der Waals surface area contributed by atoms with Crippen LogP contribution < -0.4 is 5.73 Å². The summed E-state index contributed by atoms with van der Waals surface area (Å²) < 4.78 is 7.30. The highest BCUT2D eigenvalue weighted by atomic mass is 32.2. The Labute approximate surface area is 144 Å². The minimum absolute atomic E-state index is 0.146. The summed E-state index contributed by atoms with van der Waals surface area (Å²) in [6.45, 7) is 6.62. The van der Waals surface area contributed by atoms with Gasteiger partial charge < -0.3 is 14.8 Å². The summed E-state index contributed by atoms with van der Waals surface area (Å²) in [6, 6.07) is 0. The number of hydrogen-bond acceptors (Lipinski definition) is 7. The summed E-state index contributed by atoms with van der Waals surface area (Å²) in [5, 5.41) is 13.3. The lowest BCUT2D eigenvalue weighted by Crippen LogP contribution is -2.15. The number of thioether (sulfide) groups is 1. The number of carbonyl (C=O) groups excluding carboxylic acids is 1. The van der Waals surface area contributed by atoms with Crippen LogP contribution in [0.25, 0.3) is 0 Å². The van der Waals surface area contributed by atoms with Crippen LogP contribution in [0.5, 0.6) is 0 Å². The van der Waals surface area contributed by atoms with Crippen LogP contribution in [0.2, 0.25) is 0 Å². The predicted octanol–water partition coefficient (Wildman–Crippen LogP) is 2.00. The Kier molecular flexibility index (Phi) is 4.62. The minimum Gasteiger partial charge on any atom is -0.370 e. The number of amides is 1. The van der Waals surface area contributed by atoms with E-state index in [0.29, 0.717) is 29.9 Å². The number of hydrogen-bond donors (Lipinski definition) is 1. The minimum atomic E-state index is -0.326. The molecule has 8 nitrogen and oxygen atoms in total. The molecule has 2 heterocycles. The third-order valence-electron chi connectivity index (χ3n) is 3.73. The summed E-state index contributed by atoms with van der Waals surface area (Å²) in [5.41, 5.74) is 5.13. The topological polar surface area (TPSA) is 113 Å². The molecule has 0 aromatic carbocycles. The van der Waals surface area contributed by atoms with Crippen molar-refractivity contribution >= 4 is 17.7 Å². The quantitative estimate of drug-likeness (QED) is 0.760. The molecule has 0 radical (unpaired) electrons. The van der Waals surface area contributed by atoms with Gasteiger partial charge >= 0.3 is 0 Å². The lowest BCUT2D eigenvalue weighted by Gasteiger charge is -2.10. The van der Waals surface area contributed by atoms with Crippen LogP contribution in [-0.2, 0) is 22.5 Å². The van der Waals surface area contributed by atoms with Crippen molar-refractivity contribution in [3.05, 3.63) is 17.5 Å². The van der Waals surface area contributed by atoms with Crippen molar-refractivity contribution in [2.24, 2.45) is 5.73 Å². The summed E-state index contributed by atoms with van der Waals surface area (Å²) in [4.78, 5) is 15.5. The van der Waals surface area contributed by atoms with Gasteiger partial charge in [0.25, 0.3) is 0 Å². The van der Waals surface area contributed by atoms with E-state index in [1.807, 2.05) is 25.3 Å². The van der Waals surface area contributed by atoms with E-state index in [9.17, 15) is 4.79 Å². The number of primary amides is 1. The smallest absolute Gasteiger partial charge is 0.237 e. The second-order valence-electron chi connectivity index (χ2n) is 7.03. The fraction of sp³-hybridized carbons (Fsp3) is 0.667. The van der Waals surface area contributed by atoms with Gasteiger partial charge in [-0.25, -0.2) is 0 Å². The molecule has 1 fully saturated rings. The lowest BCUT2D eigenvalue weighted by molar-refractivity contribution is -0.118. The zero-order chi connectivity index (χ0) is 17.3. The van der Waals surface area contributed by atoms with Crippen LogP contribution in [0.3, 0.4) is 0 Å². The molecule has 0 spiro atoms. The van der Waals surface area contributed by atoms with Crippen LogP contribution in [0.15, 0.2) is 9.68 Å². The maximum atomic E-state index is 11.1. The second-order valence-corrected chi connectivity index (χ2v) is 7.98. The molecule has 0 saturated heterocycles. The van der Waals surface area contributed by atoms with Crippen molar-refractivity contribution in [1.29, 1.82) is 0 Å². The molecule has 0 atom stereocenters. The molecule has 0 bridgehead atoms. The molecule has 1 saturated carbocycles. The Balaban J connectivity index is 1.70. The highest BCUT2D eigenvalue weighted by Crippen LogP contribution is 2.40. The molecular weight excluding hydrogens is 328 g/mol. The SMILES string of the molecule is CC(C)(C)c1noc(CSc2nnc(C3CC3)n2CCC(N)=O)n1. The van der Waals surface area contributed by atoms with Gasteiger partial charge in [-0.15, -0.1) is 10.2 Å².